The number of primary amides is 1. The van der Waals surface area contributed by atoms with Gasteiger partial charge in [0.1, 0.15) is 5.75 Å². The largest absolute Gasteiger partial charge is 0.505 e. The zero-order valence-corrected chi connectivity index (χ0v) is 23.8. The Hall–Kier alpha value is -3.31. The van der Waals surface area contributed by atoms with Crippen molar-refractivity contribution in [3.8, 4) is 5.75 Å². The molecule has 1 aromatic rings. The molecule has 40 heavy (non-hydrogen) atoms. The zero-order valence-electron chi connectivity index (χ0n) is 23.8. The Bertz CT molecular complexity index is 1280. The van der Waals surface area contributed by atoms with E-state index in [1.807, 2.05) is 0 Å². The molecule has 3 aliphatic rings. The summed E-state index contributed by atoms with van der Waals surface area (Å²) in [5.41, 5.74) is 9.98. The molecule has 1 aromatic carbocycles. The molecule has 218 valence electrons. The van der Waals surface area contributed by atoms with Gasteiger partial charge in [-0.15, -0.1) is 0 Å². The van der Waals surface area contributed by atoms with E-state index >= 15 is 0 Å². The second-order valence-electron chi connectivity index (χ2n) is 12.2. The van der Waals surface area contributed by atoms with E-state index in [2.05, 4.69) is 25.7 Å². The number of aliphatic hydroxyl groups is 1. The summed E-state index contributed by atoms with van der Waals surface area (Å²) in [4.78, 5) is 70.4. The molecule has 0 saturated heterocycles. The Morgan fingerprint density at radius 1 is 1.18 bits per heavy atom. The SMILES string of the molecule is CCCCN(CC(C)C)c1cc(N)c(O)c2c1CC1CC3[C@H](N(C)C)C(=O)C(C(N)=O)C(=O)[C@@]3(O)C(=O)C1C2=O. The van der Waals surface area contributed by atoms with Gasteiger partial charge in [0, 0.05) is 24.7 Å². The molecule has 6 atom stereocenters. The van der Waals surface area contributed by atoms with Gasteiger partial charge in [0.05, 0.1) is 23.2 Å². The lowest BCUT2D eigenvalue weighted by molar-refractivity contribution is -0.181. The summed E-state index contributed by atoms with van der Waals surface area (Å²) in [6.07, 6.45) is 2.05. The van der Waals surface area contributed by atoms with Crippen LogP contribution in [0.15, 0.2) is 6.07 Å². The first-order chi connectivity index (χ1) is 18.7. The van der Waals surface area contributed by atoms with Gasteiger partial charge in [0.2, 0.25) is 5.91 Å². The number of carbonyl (C=O) groups excluding carboxylic acids is 5. The topological polar surface area (TPSA) is 184 Å². The van der Waals surface area contributed by atoms with Gasteiger partial charge in [-0.25, -0.2) is 0 Å². The molecule has 11 nitrogen and oxygen atoms in total. The predicted octanol–water partition coefficient (Wildman–Crippen LogP) is 0.712. The van der Waals surface area contributed by atoms with Crippen molar-refractivity contribution in [2.75, 3.05) is 37.8 Å². The van der Waals surface area contributed by atoms with Crippen LogP contribution in [0, 0.1) is 29.6 Å². The van der Waals surface area contributed by atoms with E-state index in [4.69, 9.17) is 11.5 Å². The number of anilines is 2. The van der Waals surface area contributed by atoms with Crippen LogP contribution < -0.4 is 16.4 Å². The van der Waals surface area contributed by atoms with Gasteiger partial charge in [0.15, 0.2) is 34.7 Å². The van der Waals surface area contributed by atoms with E-state index in [0.717, 1.165) is 12.8 Å². The highest BCUT2D eigenvalue weighted by Crippen LogP contribution is 2.52. The number of nitrogens with zero attached hydrogens (tertiary/aromatic N) is 2. The maximum atomic E-state index is 14.0. The molecule has 4 unspecified atom stereocenters. The summed E-state index contributed by atoms with van der Waals surface area (Å²) in [5.74, 6) is -10.5. The summed E-state index contributed by atoms with van der Waals surface area (Å²) in [7, 11) is 3.12. The summed E-state index contributed by atoms with van der Waals surface area (Å²) in [6.45, 7) is 7.62. The van der Waals surface area contributed by atoms with Gasteiger partial charge in [0.25, 0.3) is 0 Å². The van der Waals surface area contributed by atoms with Crippen LogP contribution in [0.1, 0.15) is 56.0 Å². The summed E-state index contributed by atoms with van der Waals surface area (Å²) < 4.78 is 0. The number of amides is 1. The number of nitrogens with two attached hydrogens (primary N) is 2. The fraction of sp³-hybridized carbons (Fsp3) is 0.621. The molecular weight excluding hydrogens is 516 g/mol. The van der Waals surface area contributed by atoms with Crippen molar-refractivity contribution in [1.82, 2.24) is 4.90 Å². The highest BCUT2D eigenvalue weighted by Gasteiger charge is 2.69. The third-order valence-electron chi connectivity index (χ3n) is 8.78. The number of rotatable bonds is 8. The third kappa shape index (κ3) is 4.39. The van der Waals surface area contributed by atoms with E-state index in [-0.39, 0.29) is 24.1 Å². The van der Waals surface area contributed by atoms with Gasteiger partial charge in [-0.3, -0.25) is 28.9 Å². The van der Waals surface area contributed by atoms with Crippen molar-refractivity contribution in [3.05, 3.63) is 17.2 Å². The first-order valence-electron chi connectivity index (χ1n) is 13.9. The van der Waals surface area contributed by atoms with Crippen LogP contribution >= 0.6 is 0 Å². The van der Waals surface area contributed by atoms with Crippen molar-refractivity contribution < 1.29 is 34.2 Å². The molecule has 1 amide bonds. The lowest BCUT2D eigenvalue weighted by Gasteiger charge is -2.52. The van der Waals surface area contributed by atoms with Crippen LogP contribution in [0.2, 0.25) is 0 Å². The molecule has 2 saturated carbocycles. The van der Waals surface area contributed by atoms with Crippen LogP contribution in [-0.4, -0.2) is 83.0 Å². The monoisotopic (exact) mass is 556 g/mol. The van der Waals surface area contributed by atoms with E-state index in [1.165, 1.54) is 4.90 Å². The third-order valence-corrected chi connectivity index (χ3v) is 8.78. The predicted molar refractivity (Wildman–Crippen MR) is 148 cm³/mol. The minimum absolute atomic E-state index is 0.00755. The molecule has 0 aromatic heterocycles. The number of hydrogen-bond donors (Lipinski definition) is 4. The maximum Gasteiger partial charge on any atom is 0.235 e. The van der Waals surface area contributed by atoms with Gasteiger partial charge in [-0.2, -0.15) is 0 Å². The number of nitrogen functional groups attached to an aromatic ring is 1. The van der Waals surface area contributed by atoms with Crippen molar-refractivity contribution in [2.24, 2.45) is 35.3 Å². The van der Waals surface area contributed by atoms with Gasteiger partial charge < -0.3 is 26.6 Å². The highest BCUT2D eigenvalue weighted by molar-refractivity contribution is 6.32. The fourth-order valence-corrected chi connectivity index (χ4v) is 7.05. The molecule has 3 aliphatic carbocycles. The zero-order chi connectivity index (χ0) is 29.8. The van der Waals surface area contributed by atoms with Crippen molar-refractivity contribution in [2.45, 2.75) is 58.1 Å². The van der Waals surface area contributed by atoms with Gasteiger partial charge in [-0.1, -0.05) is 27.2 Å². The standard InChI is InChI=1S/C29H40N4O7/c1-6-7-8-33(12-13(2)3)18-11-17(30)23(34)20-15(18)9-14-10-16-22(32(4)5)25(36)21(28(31)39)27(38)29(16,40)26(37)19(14)24(20)35/h11,13-14,16,19,21-22,34,40H,6-10,12,30H2,1-5H3,(H2,31,39)/t14?,16?,19?,21?,22-,29-/m0/s1. The number of aromatic hydroxyl groups is 1. The first kappa shape index (κ1) is 29.7. The fourth-order valence-electron chi connectivity index (χ4n) is 7.05. The van der Waals surface area contributed by atoms with Gasteiger partial charge >= 0.3 is 0 Å². The second kappa shape index (κ2) is 10.6. The smallest absolute Gasteiger partial charge is 0.235 e. The number of fused-ring (bicyclic) bond motifs is 3. The Kier molecular flexibility index (Phi) is 7.85. The number of phenols is 1. The molecule has 0 heterocycles. The average molecular weight is 557 g/mol. The lowest BCUT2D eigenvalue weighted by atomic mass is 9.52. The molecule has 0 radical (unpaired) electrons. The van der Waals surface area contributed by atoms with Crippen LogP contribution in [-0.2, 0) is 25.6 Å². The van der Waals surface area contributed by atoms with Crippen molar-refractivity contribution in [3.63, 3.8) is 0 Å². The first-order valence-corrected chi connectivity index (χ1v) is 13.9. The molecule has 11 heteroatoms. The van der Waals surface area contributed by atoms with Crippen molar-refractivity contribution in [1.29, 1.82) is 0 Å². The summed E-state index contributed by atoms with van der Waals surface area (Å²) >= 11 is 0. The van der Waals surface area contributed by atoms with E-state index < -0.39 is 70.1 Å². The Morgan fingerprint density at radius 2 is 1.82 bits per heavy atom. The molecule has 6 N–H and O–H groups in total. The number of benzene rings is 1. The number of phenolic OH excluding ortho intramolecular Hbond substituents is 1. The number of likely N-dealkylation sites (N-methyl/N-ethyl adjacent to an activating group) is 1. The van der Waals surface area contributed by atoms with Crippen LogP contribution in [0.4, 0.5) is 11.4 Å². The lowest BCUT2D eigenvalue weighted by Crippen LogP contribution is -2.74. The Balaban J connectivity index is 1.88. The van der Waals surface area contributed by atoms with Crippen LogP contribution in [0.25, 0.3) is 0 Å². The highest BCUT2D eigenvalue weighted by atomic mass is 16.3. The molecule has 0 aliphatic heterocycles. The minimum Gasteiger partial charge on any atom is -0.505 e. The van der Waals surface area contributed by atoms with Crippen LogP contribution in [0.5, 0.6) is 5.75 Å². The second-order valence-corrected chi connectivity index (χ2v) is 12.2. The Morgan fingerprint density at radius 3 is 2.38 bits per heavy atom. The molecule has 2 fully saturated rings. The summed E-state index contributed by atoms with van der Waals surface area (Å²) in [6, 6.07) is 0.525. The molecule has 0 spiro atoms. The quantitative estimate of drug-likeness (QED) is 0.202. The van der Waals surface area contributed by atoms with E-state index in [1.54, 1.807) is 20.2 Å². The van der Waals surface area contributed by atoms with Crippen molar-refractivity contribution >= 4 is 40.4 Å². The average Bonchev–Trinajstić information content (AvgIpc) is 2.85. The number of unbranched alkanes of at least 4 members (excludes halogenated alkanes) is 1. The number of carbonyl (C=O) groups is 5. The molecule has 0 bridgehead atoms. The number of Topliss-reactive ketones (excluding diaryl/α,β-unsaturated/α-hetero) is 4. The molecular formula is C29H40N4O7. The van der Waals surface area contributed by atoms with E-state index in [9.17, 15) is 34.2 Å². The minimum atomic E-state index is -2.75. The normalized spacial score (nSPS) is 29.9. The Labute approximate surface area is 233 Å². The number of hydrogen-bond acceptors (Lipinski definition) is 10. The van der Waals surface area contributed by atoms with Crippen LogP contribution in [0.3, 0.4) is 0 Å². The van der Waals surface area contributed by atoms with Gasteiger partial charge in [-0.05, 0) is 56.8 Å². The molecule has 4 rings (SSSR count). The van der Waals surface area contributed by atoms with E-state index in [0.29, 0.717) is 30.3 Å². The summed E-state index contributed by atoms with van der Waals surface area (Å²) in [5, 5.41) is 22.7. The maximum absolute atomic E-state index is 14.0. The number of ketones is 4.